The van der Waals surface area contributed by atoms with E-state index in [1.165, 1.54) is 22.5 Å². The normalized spacial score (nSPS) is 14.5. The maximum Gasteiger partial charge on any atom is 0.190 e. The van der Waals surface area contributed by atoms with Crippen molar-refractivity contribution in [2.24, 2.45) is 0 Å². The van der Waals surface area contributed by atoms with Crippen LogP contribution in [0.4, 0.5) is 22.5 Å². The van der Waals surface area contributed by atoms with Crippen molar-refractivity contribution in [1.29, 1.82) is 0 Å². The van der Waals surface area contributed by atoms with Crippen LogP contribution in [-0.2, 0) is 11.3 Å². The number of carbonyl (C=O) groups excluding carboxylic acids is 1. The van der Waals surface area contributed by atoms with Gasteiger partial charge in [-0.05, 0) is 48.9 Å². The van der Waals surface area contributed by atoms with E-state index in [9.17, 15) is 4.79 Å². The zero-order valence-electron chi connectivity index (χ0n) is 18.8. The third kappa shape index (κ3) is 5.02. The highest BCUT2D eigenvalue weighted by Gasteiger charge is 2.16. The first-order valence-corrected chi connectivity index (χ1v) is 11.9. The molecule has 33 heavy (non-hydrogen) atoms. The Balaban J connectivity index is 1.30. The average molecular weight is 459 g/mol. The lowest BCUT2D eigenvalue weighted by Gasteiger charge is -2.25. The molecular weight excluding hydrogens is 432 g/mol. The molecule has 1 fully saturated rings. The Bertz CT molecular complexity index is 1280. The summed E-state index contributed by atoms with van der Waals surface area (Å²) in [5, 5.41) is 4.10. The molecule has 1 aliphatic heterocycles. The molecular formula is C25H26N6OS. The number of hydrogen-bond acceptors (Lipinski definition) is 8. The number of Topliss-reactive ketones (excluding diaryl/α,β-unsaturated/α-hetero) is 1. The number of thiazole rings is 1. The third-order valence-corrected chi connectivity index (χ3v) is 6.77. The molecule has 1 aromatic carbocycles. The number of likely N-dealkylation sites (tertiary alicyclic amines) is 1. The van der Waals surface area contributed by atoms with Crippen molar-refractivity contribution < 1.29 is 4.79 Å². The van der Waals surface area contributed by atoms with Gasteiger partial charge in [-0.15, -0.1) is 0 Å². The molecule has 1 N–H and O–H groups in total. The van der Waals surface area contributed by atoms with Gasteiger partial charge < -0.3 is 10.2 Å². The monoisotopic (exact) mass is 458 g/mol. The van der Waals surface area contributed by atoms with Gasteiger partial charge in [0.2, 0.25) is 0 Å². The van der Waals surface area contributed by atoms with Crippen molar-refractivity contribution in [1.82, 2.24) is 19.9 Å². The van der Waals surface area contributed by atoms with Crippen LogP contribution in [0.2, 0.25) is 0 Å². The molecule has 0 aliphatic carbocycles. The summed E-state index contributed by atoms with van der Waals surface area (Å²) in [6.45, 7) is 4.56. The second kappa shape index (κ2) is 9.25. The van der Waals surface area contributed by atoms with Gasteiger partial charge in [0.1, 0.15) is 27.8 Å². The lowest BCUT2D eigenvalue weighted by Crippen LogP contribution is -2.33. The fourth-order valence-corrected chi connectivity index (χ4v) is 4.76. The number of aryl methyl sites for hydroxylation is 1. The molecule has 7 nitrogen and oxygen atoms in total. The zero-order chi connectivity index (χ0) is 22.8. The van der Waals surface area contributed by atoms with E-state index in [4.69, 9.17) is 4.98 Å². The van der Waals surface area contributed by atoms with Crippen LogP contribution in [0.1, 0.15) is 24.0 Å². The lowest BCUT2D eigenvalue weighted by atomic mass is 10.1. The predicted octanol–water partition coefficient (Wildman–Crippen LogP) is 5.07. The maximum atomic E-state index is 11.5. The Hall–Kier alpha value is -3.36. The number of anilines is 4. The molecule has 4 heterocycles. The van der Waals surface area contributed by atoms with Gasteiger partial charge in [-0.25, -0.2) is 15.0 Å². The summed E-state index contributed by atoms with van der Waals surface area (Å²) < 4.78 is 0. The molecule has 0 unspecified atom stereocenters. The molecule has 1 aliphatic rings. The van der Waals surface area contributed by atoms with Crippen molar-refractivity contribution in [3.63, 3.8) is 0 Å². The van der Waals surface area contributed by atoms with Crippen molar-refractivity contribution in [3.8, 4) is 0 Å². The largest absolute Gasteiger partial charge is 0.329 e. The predicted molar refractivity (Wildman–Crippen MR) is 134 cm³/mol. The van der Waals surface area contributed by atoms with E-state index in [0.717, 1.165) is 52.4 Å². The molecule has 1 saturated heterocycles. The van der Waals surface area contributed by atoms with Crippen LogP contribution >= 0.6 is 11.3 Å². The number of piperidine rings is 1. The van der Waals surface area contributed by atoms with Crippen LogP contribution in [0.15, 0.2) is 54.7 Å². The highest BCUT2D eigenvalue weighted by molar-refractivity contribution is 7.21. The van der Waals surface area contributed by atoms with Gasteiger partial charge in [0.15, 0.2) is 5.13 Å². The highest BCUT2D eigenvalue weighted by Crippen LogP contribution is 2.30. The van der Waals surface area contributed by atoms with Crippen LogP contribution in [0.5, 0.6) is 0 Å². The van der Waals surface area contributed by atoms with Crippen molar-refractivity contribution in [3.05, 3.63) is 65.9 Å². The zero-order valence-corrected chi connectivity index (χ0v) is 19.6. The Morgan fingerprint density at radius 1 is 1.06 bits per heavy atom. The van der Waals surface area contributed by atoms with Gasteiger partial charge in [0, 0.05) is 51.4 Å². The van der Waals surface area contributed by atoms with E-state index in [0.29, 0.717) is 18.6 Å². The minimum absolute atomic E-state index is 0.362. The SMILES string of the molecule is Cc1ccc(N(C)c2ccc3nc(Nc4cc(CN5CCC(=O)CC5)ccn4)sc3n2)cc1. The summed E-state index contributed by atoms with van der Waals surface area (Å²) in [5.41, 5.74) is 4.35. The van der Waals surface area contributed by atoms with Crippen molar-refractivity contribution in [2.75, 3.05) is 30.4 Å². The number of aromatic nitrogens is 3. The number of nitrogens with zero attached hydrogens (tertiary/aromatic N) is 5. The van der Waals surface area contributed by atoms with Gasteiger partial charge in [0.25, 0.3) is 0 Å². The summed E-state index contributed by atoms with van der Waals surface area (Å²) in [6.07, 6.45) is 3.11. The minimum atomic E-state index is 0.362. The van der Waals surface area contributed by atoms with Crippen LogP contribution in [-0.4, -0.2) is 45.8 Å². The third-order valence-electron chi connectivity index (χ3n) is 5.89. The van der Waals surface area contributed by atoms with Gasteiger partial charge in [0.05, 0.1) is 0 Å². The van der Waals surface area contributed by atoms with E-state index in [1.807, 2.05) is 37.5 Å². The number of rotatable bonds is 6. The van der Waals surface area contributed by atoms with E-state index < -0.39 is 0 Å². The Kier molecular flexibility index (Phi) is 6.02. The van der Waals surface area contributed by atoms with Crippen LogP contribution < -0.4 is 10.2 Å². The fourth-order valence-electron chi connectivity index (χ4n) is 3.92. The molecule has 0 spiro atoms. The van der Waals surface area contributed by atoms with Gasteiger partial charge >= 0.3 is 0 Å². The first kappa shape index (κ1) is 21.5. The number of fused-ring (bicyclic) bond motifs is 1. The van der Waals surface area contributed by atoms with E-state index in [-0.39, 0.29) is 0 Å². The summed E-state index contributed by atoms with van der Waals surface area (Å²) >= 11 is 1.52. The summed E-state index contributed by atoms with van der Waals surface area (Å²) in [5.74, 6) is 2.00. The topological polar surface area (TPSA) is 74.2 Å². The smallest absolute Gasteiger partial charge is 0.190 e. The molecule has 0 saturated carbocycles. The Morgan fingerprint density at radius 2 is 1.85 bits per heavy atom. The quantitative estimate of drug-likeness (QED) is 0.432. The standard InChI is InChI=1S/C25H26N6OS/c1-17-3-5-19(6-4-17)30(2)23-8-7-21-24(29-23)33-25(27-21)28-22-15-18(9-12-26-22)16-31-13-10-20(32)11-14-31/h3-9,12,15H,10-11,13-14,16H2,1-2H3,(H,26,27,28). The van der Waals surface area contributed by atoms with E-state index in [1.54, 1.807) is 0 Å². The number of hydrogen-bond donors (Lipinski definition) is 1. The van der Waals surface area contributed by atoms with Crippen LogP contribution in [0.3, 0.4) is 0 Å². The van der Waals surface area contributed by atoms with E-state index in [2.05, 4.69) is 56.3 Å². The summed E-state index contributed by atoms with van der Waals surface area (Å²) in [7, 11) is 2.02. The molecule has 0 amide bonds. The second-order valence-electron chi connectivity index (χ2n) is 8.40. The number of carbonyl (C=O) groups is 1. The van der Waals surface area contributed by atoms with Gasteiger partial charge in [-0.2, -0.15) is 0 Å². The Morgan fingerprint density at radius 3 is 2.64 bits per heavy atom. The molecule has 0 atom stereocenters. The molecule has 5 rings (SSSR count). The first-order chi connectivity index (χ1) is 16.0. The maximum absolute atomic E-state index is 11.5. The summed E-state index contributed by atoms with van der Waals surface area (Å²) in [4.78, 5) is 30.7. The fraction of sp³-hybridized carbons (Fsp3) is 0.280. The summed E-state index contributed by atoms with van der Waals surface area (Å²) in [6, 6.07) is 16.5. The van der Waals surface area contributed by atoms with Crippen molar-refractivity contribution in [2.45, 2.75) is 26.3 Å². The molecule has 0 bridgehead atoms. The van der Waals surface area contributed by atoms with Gasteiger partial charge in [-0.3, -0.25) is 9.69 Å². The highest BCUT2D eigenvalue weighted by atomic mass is 32.1. The molecule has 4 aromatic rings. The number of pyridine rings is 2. The second-order valence-corrected chi connectivity index (χ2v) is 9.37. The van der Waals surface area contributed by atoms with Crippen LogP contribution in [0, 0.1) is 6.92 Å². The number of benzene rings is 1. The van der Waals surface area contributed by atoms with Gasteiger partial charge in [-0.1, -0.05) is 29.0 Å². The Labute approximate surface area is 197 Å². The molecule has 0 radical (unpaired) electrons. The minimum Gasteiger partial charge on any atom is -0.329 e. The van der Waals surface area contributed by atoms with Crippen molar-refractivity contribution >= 4 is 49.9 Å². The molecule has 168 valence electrons. The molecule has 8 heteroatoms. The molecule has 3 aromatic heterocycles. The lowest BCUT2D eigenvalue weighted by molar-refractivity contribution is -0.121. The van der Waals surface area contributed by atoms with E-state index >= 15 is 0 Å². The number of ketones is 1. The first-order valence-electron chi connectivity index (χ1n) is 11.1. The average Bonchev–Trinajstić information content (AvgIpc) is 3.22. The number of nitrogens with one attached hydrogen (secondary N) is 1. The van der Waals surface area contributed by atoms with Crippen LogP contribution in [0.25, 0.3) is 10.3 Å².